The Morgan fingerprint density at radius 1 is 1.43 bits per heavy atom. The van der Waals surface area contributed by atoms with Crippen molar-refractivity contribution in [2.24, 2.45) is 0 Å². The van der Waals surface area contributed by atoms with E-state index in [2.05, 4.69) is 4.72 Å². The first kappa shape index (κ1) is 15.9. The second-order valence-corrected chi connectivity index (χ2v) is 6.70. The molecule has 0 aromatic heterocycles. The Morgan fingerprint density at radius 2 is 2.24 bits per heavy atom. The van der Waals surface area contributed by atoms with Crippen LogP contribution in [0.2, 0.25) is 0 Å². The first-order valence-corrected chi connectivity index (χ1v) is 8.32. The van der Waals surface area contributed by atoms with Crippen molar-refractivity contribution in [3.63, 3.8) is 0 Å². The fourth-order valence-corrected chi connectivity index (χ4v) is 3.30. The smallest absolute Gasteiger partial charge is 0.240 e. The Hall–Kier alpha value is -1.49. The van der Waals surface area contributed by atoms with Crippen LogP contribution in [0.3, 0.4) is 0 Å². The van der Waals surface area contributed by atoms with E-state index in [-0.39, 0.29) is 23.1 Å². The van der Waals surface area contributed by atoms with Crippen molar-refractivity contribution < 1.29 is 17.5 Å². The van der Waals surface area contributed by atoms with Gasteiger partial charge in [-0.05, 0) is 43.9 Å². The van der Waals surface area contributed by atoms with Gasteiger partial charge in [0.05, 0.1) is 16.6 Å². The molecule has 1 fully saturated rings. The minimum Gasteiger partial charge on any atom is -0.378 e. The first-order valence-electron chi connectivity index (χ1n) is 6.84. The van der Waals surface area contributed by atoms with Gasteiger partial charge in [-0.2, -0.15) is 5.26 Å². The third kappa shape index (κ3) is 4.24. The molecular formula is C14H17FN2O3S. The van der Waals surface area contributed by atoms with Crippen LogP contribution >= 0.6 is 0 Å². The largest absolute Gasteiger partial charge is 0.378 e. The summed E-state index contributed by atoms with van der Waals surface area (Å²) in [6, 6.07) is 4.80. The van der Waals surface area contributed by atoms with Crippen molar-refractivity contribution in [3.05, 3.63) is 29.6 Å². The first-order chi connectivity index (χ1) is 10.0. The molecule has 0 bridgehead atoms. The zero-order chi connectivity index (χ0) is 15.3. The van der Waals surface area contributed by atoms with E-state index in [0.717, 1.165) is 44.1 Å². The molecule has 1 aliphatic heterocycles. The van der Waals surface area contributed by atoms with Gasteiger partial charge in [0.2, 0.25) is 10.0 Å². The molecule has 1 unspecified atom stereocenters. The predicted molar refractivity (Wildman–Crippen MR) is 74.5 cm³/mol. The van der Waals surface area contributed by atoms with E-state index in [1.54, 1.807) is 6.07 Å². The maximum atomic E-state index is 13.2. The van der Waals surface area contributed by atoms with Crippen molar-refractivity contribution in [1.29, 1.82) is 5.26 Å². The van der Waals surface area contributed by atoms with Gasteiger partial charge in [-0.3, -0.25) is 0 Å². The monoisotopic (exact) mass is 312 g/mol. The second-order valence-electron chi connectivity index (χ2n) is 4.93. The number of nitrogens with zero attached hydrogens (tertiary/aromatic N) is 1. The number of hydrogen-bond acceptors (Lipinski definition) is 4. The molecule has 0 amide bonds. The van der Waals surface area contributed by atoms with Gasteiger partial charge in [-0.25, -0.2) is 17.5 Å². The zero-order valence-corrected chi connectivity index (χ0v) is 12.3. The summed E-state index contributed by atoms with van der Waals surface area (Å²) in [5.74, 6) is -0.730. The third-order valence-electron chi connectivity index (χ3n) is 3.40. The number of halogens is 1. The summed E-state index contributed by atoms with van der Waals surface area (Å²) in [4.78, 5) is -0.106. The average Bonchev–Trinajstić information content (AvgIpc) is 2.48. The predicted octanol–water partition coefficient (Wildman–Crippen LogP) is 1.93. The fourth-order valence-electron chi connectivity index (χ4n) is 2.23. The molecule has 0 aliphatic carbocycles. The van der Waals surface area contributed by atoms with Crippen LogP contribution in [0.5, 0.6) is 0 Å². The summed E-state index contributed by atoms with van der Waals surface area (Å²) in [5, 5.41) is 8.73. The summed E-state index contributed by atoms with van der Waals surface area (Å²) in [6.45, 7) is 0.979. The molecule has 1 atom stereocenters. The molecule has 1 aliphatic rings. The highest BCUT2D eigenvalue weighted by molar-refractivity contribution is 7.89. The second kappa shape index (κ2) is 6.98. The van der Waals surface area contributed by atoms with Crippen LogP contribution in [-0.2, 0) is 14.8 Å². The van der Waals surface area contributed by atoms with E-state index in [0.29, 0.717) is 6.42 Å². The minimum absolute atomic E-state index is 0.0873. The molecule has 1 saturated heterocycles. The Balaban J connectivity index is 1.96. The molecule has 1 heterocycles. The number of sulfonamides is 1. The molecule has 7 heteroatoms. The SMILES string of the molecule is N#Cc1cc(S(=O)(=O)NCCC2CCCCO2)ccc1F. The topological polar surface area (TPSA) is 79.2 Å². The van der Waals surface area contributed by atoms with E-state index in [1.807, 2.05) is 0 Å². The maximum Gasteiger partial charge on any atom is 0.240 e. The summed E-state index contributed by atoms with van der Waals surface area (Å²) >= 11 is 0. The van der Waals surface area contributed by atoms with Gasteiger partial charge in [0.1, 0.15) is 11.9 Å². The number of nitrogens with one attached hydrogen (secondary N) is 1. The number of nitriles is 1. The van der Waals surface area contributed by atoms with Gasteiger partial charge in [-0.15, -0.1) is 0 Å². The molecular weight excluding hydrogens is 295 g/mol. The molecule has 1 aromatic rings. The van der Waals surface area contributed by atoms with Crippen molar-refractivity contribution >= 4 is 10.0 Å². The average molecular weight is 312 g/mol. The number of rotatable bonds is 5. The van der Waals surface area contributed by atoms with Gasteiger partial charge in [-0.1, -0.05) is 0 Å². The standard InChI is InChI=1S/C14H17FN2O3S/c15-14-5-4-13(9-11(14)10-16)21(18,19)17-7-6-12-3-1-2-8-20-12/h4-5,9,12,17H,1-3,6-8H2. The Bertz CT molecular complexity index is 634. The van der Waals surface area contributed by atoms with E-state index in [4.69, 9.17) is 10.00 Å². The Morgan fingerprint density at radius 3 is 2.90 bits per heavy atom. The molecule has 0 saturated carbocycles. The number of hydrogen-bond donors (Lipinski definition) is 1. The summed E-state index contributed by atoms with van der Waals surface area (Å²) in [6.07, 6.45) is 3.78. The van der Waals surface area contributed by atoms with Gasteiger partial charge < -0.3 is 4.74 Å². The highest BCUT2D eigenvalue weighted by Gasteiger charge is 2.18. The lowest BCUT2D eigenvalue weighted by molar-refractivity contribution is 0.0123. The lowest BCUT2D eigenvalue weighted by Gasteiger charge is -2.22. The zero-order valence-electron chi connectivity index (χ0n) is 11.5. The Labute approximate surface area is 123 Å². The van der Waals surface area contributed by atoms with E-state index in [1.165, 1.54) is 0 Å². The van der Waals surface area contributed by atoms with Crippen molar-refractivity contribution in [2.45, 2.75) is 36.7 Å². The van der Waals surface area contributed by atoms with Crippen LogP contribution in [-0.4, -0.2) is 27.7 Å². The van der Waals surface area contributed by atoms with Crippen LogP contribution in [0, 0.1) is 17.1 Å². The number of ether oxygens (including phenoxy) is 1. The van der Waals surface area contributed by atoms with Crippen LogP contribution in [0.25, 0.3) is 0 Å². The highest BCUT2D eigenvalue weighted by atomic mass is 32.2. The lowest BCUT2D eigenvalue weighted by atomic mass is 10.1. The summed E-state index contributed by atoms with van der Waals surface area (Å²) in [5.41, 5.74) is -0.284. The van der Waals surface area contributed by atoms with E-state index >= 15 is 0 Å². The lowest BCUT2D eigenvalue weighted by Crippen LogP contribution is -2.29. The van der Waals surface area contributed by atoms with Crippen LogP contribution in [0.1, 0.15) is 31.2 Å². The molecule has 114 valence electrons. The highest BCUT2D eigenvalue weighted by Crippen LogP contribution is 2.17. The number of benzene rings is 1. The quantitative estimate of drug-likeness (QED) is 0.901. The molecule has 1 aromatic carbocycles. The molecule has 0 radical (unpaired) electrons. The summed E-state index contributed by atoms with van der Waals surface area (Å²) in [7, 11) is -3.73. The fraction of sp³-hybridized carbons (Fsp3) is 0.500. The Kier molecular flexibility index (Phi) is 5.28. The van der Waals surface area contributed by atoms with Crippen molar-refractivity contribution in [1.82, 2.24) is 4.72 Å². The van der Waals surface area contributed by atoms with Crippen molar-refractivity contribution in [3.8, 4) is 6.07 Å². The van der Waals surface area contributed by atoms with Gasteiger partial charge in [0, 0.05) is 13.2 Å². The van der Waals surface area contributed by atoms with Crippen LogP contribution in [0.15, 0.2) is 23.1 Å². The van der Waals surface area contributed by atoms with Crippen molar-refractivity contribution in [2.75, 3.05) is 13.2 Å². The molecule has 5 nitrogen and oxygen atoms in total. The summed E-state index contributed by atoms with van der Waals surface area (Å²) < 4.78 is 45.3. The van der Waals surface area contributed by atoms with Gasteiger partial charge in [0.15, 0.2) is 0 Å². The maximum absolute atomic E-state index is 13.2. The van der Waals surface area contributed by atoms with E-state index in [9.17, 15) is 12.8 Å². The normalized spacial score (nSPS) is 19.1. The van der Waals surface area contributed by atoms with E-state index < -0.39 is 15.8 Å². The van der Waals surface area contributed by atoms with Crippen LogP contribution in [0.4, 0.5) is 4.39 Å². The molecule has 21 heavy (non-hydrogen) atoms. The molecule has 2 rings (SSSR count). The molecule has 0 spiro atoms. The van der Waals surface area contributed by atoms with Gasteiger partial charge in [0.25, 0.3) is 0 Å². The minimum atomic E-state index is -3.73. The van der Waals surface area contributed by atoms with Gasteiger partial charge >= 0.3 is 0 Å². The van der Waals surface area contributed by atoms with Crippen LogP contribution < -0.4 is 4.72 Å². The third-order valence-corrected chi connectivity index (χ3v) is 4.86. The molecule has 1 N–H and O–H groups in total.